The fraction of sp³-hybridized carbons (Fsp3) is 0.300. The number of rotatable bonds is 4. The molecule has 0 aromatic heterocycles. The summed E-state index contributed by atoms with van der Waals surface area (Å²) >= 11 is 8.84. The molecular weight excluding hydrogens is 265 g/mol. The number of hydrogen-bond acceptors (Lipinski definition) is 1. The Balaban J connectivity index is 2.52. The third-order valence-electron chi connectivity index (χ3n) is 1.69. The zero-order valence-electron chi connectivity index (χ0n) is 7.59. The van der Waals surface area contributed by atoms with Crippen LogP contribution in [0.25, 0.3) is 0 Å². The van der Waals surface area contributed by atoms with Gasteiger partial charge in [-0.3, -0.25) is 4.79 Å². The first-order valence-electron chi connectivity index (χ1n) is 4.34. The van der Waals surface area contributed by atoms with Crippen LogP contribution in [0.15, 0.2) is 28.7 Å². The van der Waals surface area contributed by atoms with Crippen molar-refractivity contribution in [3.63, 3.8) is 0 Å². The molecule has 0 saturated carbocycles. The molecule has 0 fully saturated rings. The topological polar surface area (TPSA) is 29.1 Å². The van der Waals surface area contributed by atoms with Crippen molar-refractivity contribution >= 4 is 39.1 Å². The lowest BCUT2D eigenvalue weighted by Crippen LogP contribution is -2.11. The molecular formula is C10H11BrClNO. The highest BCUT2D eigenvalue weighted by molar-refractivity contribution is 9.10. The average Bonchev–Trinajstić information content (AvgIpc) is 2.18. The molecule has 1 aromatic rings. The number of amides is 1. The third-order valence-corrected chi connectivity index (χ3v) is 2.64. The molecule has 14 heavy (non-hydrogen) atoms. The second-order valence-corrected chi connectivity index (χ2v) is 4.05. The molecule has 76 valence electrons. The van der Waals surface area contributed by atoms with Gasteiger partial charge in [-0.2, -0.15) is 0 Å². The number of nitrogens with one attached hydrogen (secondary N) is 1. The third kappa shape index (κ3) is 3.68. The first kappa shape index (κ1) is 11.5. The fourth-order valence-corrected chi connectivity index (χ4v) is 1.52. The van der Waals surface area contributed by atoms with Crippen LogP contribution < -0.4 is 5.32 Å². The molecule has 1 aromatic carbocycles. The molecule has 0 bridgehead atoms. The van der Waals surface area contributed by atoms with E-state index in [4.69, 9.17) is 11.6 Å². The quantitative estimate of drug-likeness (QED) is 0.839. The van der Waals surface area contributed by atoms with Gasteiger partial charge >= 0.3 is 0 Å². The standard InChI is InChI=1S/C10H11BrClNO/c11-8-4-1-2-5-9(8)13-10(14)6-3-7-12/h1-2,4-5H,3,6-7H2,(H,13,14). The summed E-state index contributed by atoms with van der Waals surface area (Å²) < 4.78 is 0.888. The molecule has 0 aliphatic heterocycles. The molecule has 0 heterocycles. The van der Waals surface area contributed by atoms with Gasteiger partial charge in [0.05, 0.1) is 5.69 Å². The minimum atomic E-state index is -0.00227. The Labute approximate surface area is 96.8 Å². The molecule has 0 aliphatic carbocycles. The molecule has 0 spiro atoms. The number of para-hydroxylation sites is 1. The lowest BCUT2D eigenvalue weighted by atomic mass is 10.3. The van der Waals surface area contributed by atoms with E-state index in [-0.39, 0.29) is 5.91 Å². The first-order chi connectivity index (χ1) is 6.74. The van der Waals surface area contributed by atoms with Gasteiger partial charge in [-0.25, -0.2) is 0 Å². The highest BCUT2D eigenvalue weighted by Gasteiger charge is 2.03. The average molecular weight is 277 g/mol. The van der Waals surface area contributed by atoms with Crippen molar-refractivity contribution in [3.8, 4) is 0 Å². The predicted octanol–water partition coefficient (Wildman–Crippen LogP) is 3.41. The summed E-state index contributed by atoms with van der Waals surface area (Å²) in [7, 11) is 0. The lowest BCUT2D eigenvalue weighted by molar-refractivity contribution is -0.116. The lowest BCUT2D eigenvalue weighted by Gasteiger charge is -2.05. The molecule has 1 rings (SSSR count). The summed E-state index contributed by atoms with van der Waals surface area (Å²) in [5.41, 5.74) is 0.798. The van der Waals surface area contributed by atoms with Crippen molar-refractivity contribution in [2.75, 3.05) is 11.2 Å². The summed E-state index contributed by atoms with van der Waals surface area (Å²) in [5.74, 6) is 0.515. The summed E-state index contributed by atoms with van der Waals surface area (Å²) in [4.78, 5) is 11.3. The van der Waals surface area contributed by atoms with Gasteiger partial charge in [0.2, 0.25) is 5.91 Å². The van der Waals surface area contributed by atoms with E-state index in [0.717, 1.165) is 10.2 Å². The van der Waals surface area contributed by atoms with Crippen LogP contribution in [-0.4, -0.2) is 11.8 Å². The minimum absolute atomic E-state index is 0.00227. The molecule has 0 radical (unpaired) electrons. The van der Waals surface area contributed by atoms with E-state index in [9.17, 15) is 4.79 Å². The molecule has 0 atom stereocenters. The molecule has 0 unspecified atom stereocenters. The van der Waals surface area contributed by atoms with Crippen LogP contribution in [0.4, 0.5) is 5.69 Å². The van der Waals surface area contributed by atoms with Crippen LogP contribution in [0.2, 0.25) is 0 Å². The van der Waals surface area contributed by atoms with Crippen LogP contribution in [-0.2, 0) is 4.79 Å². The Morgan fingerprint density at radius 2 is 2.14 bits per heavy atom. The maximum Gasteiger partial charge on any atom is 0.224 e. The smallest absolute Gasteiger partial charge is 0.224 e. The van der Waals surface area contributed by atoms with E-state index in [1.807, 2.05) is 24.3 Å². The first-order valence-corrected chi connectivity index (χ1v) is 5.67. The Morgan fingerprint density at radius 3 is 2.79 bits per heavy atom. The van der Waals surface area contributed by atoms with Gasteiger partial charge in [-0.1, -0.05) is 12.1 Å². The fourth-order valence-electron chi connectivity index (χ4n) is 1.00. The number of alkyl halides is 1. The SMILES string of the molecule is O=C(CCCCl)Nc1ccccc1Br. The highest BCUT2D eigenvalue weighted by atomic mass is 79.9. The van der Waals surface area contributed by atoms with Gasteiger partial charge in [0.1, 0.15) is 0 Å². The molecule has 4 heteroatoms. The zero-order valence-corrected chi connectivity index (χ0v) is 9.94. The van der Waals surface area contributed by atoms with Crippen LogP contribution in [0.5, 0.6) is 0 Å². The highest BCUT2D eigenvalue weighted by Crippen LogP contribution is 2.21. The van der Waals surface area contributed by atoms with E-state index in [2.05, 4.69) is 21.2 Å². The number of hydrogen-bond donors (Lipinski definition) is 1. The van der Waals surface area contributed by atoms with Crippen molar-refractivity contribution in [2.45, 2.75) is 12.8 Å². The van der Waals surface area contributed by atoms with Crippen LogP contribution >= 0.6 is 27.5 Å². The Kier molecular flexibility index (Phi) is 4.98. The van der Waals surface area contributed by atoms with Crippen molar-refractivity contribution in [1.29, 1.82) is 0 Å². The van der Waals surface area contributed by atoms with Crippen molar-refractivity contribution in [1.82, 2.24) is 0 Å². The summed E-state index contributed by atoms with van der Waals surface area (Å²) in [6.07, 6.45) is 1.17. The predicted molar refractivity (Wildman–Crippen MR) is 62.7 cm³/mol. The second-order valence-electron chi connectivity index (χ2n) is 2.82. The van der Waals surface area contributed by atoms with Crippen LogP contribution in [0.1, 0.15) is 12.8 Å². The van der Waals surface area contributed by atoms with E-state index in [1.54, 1.807) is 0 Å². The van der Waals surface area contributed by atoms with Gasteiger partial charge in [-0.05, 0) is 34.5 Å². The molecule has 0 saturated heterocycles. The van der Waals surface area contributed by atoms with E-state index < -0.39 is 0 Å². The van der Waals surface area contributed by atoms with Crippen LogP contribution in [0.3, 0.4) is 0 Å². The van der Waals surface area contributed by atoms with Gasteiger partial charge in [0.25, 0.3) is 0 Å². The van der Waals surface area contributed by atoms with Crippen molar-refractivity contribution < 1.29 is 4.79 Å². The second kappa shape index (κ2) is 6.04. The Morgan fingerprint density at radius 1 is 1.43 bits per heavy atom. The molecule has 0 aliphatic rings. The maximum absolute atomic E-state index is 11.3. The number of anilines is 1. The molecule has 2 nitrogen and oxygen atoms in total. The largest absolute Gasteiger partial charge is 0.325 e. The zero-order chi connectivity index (χ0) is 10.4. The summed E-state index contributed by atoms with van der Waals surface area (Å²) in [5, 5.41) is 2.80. The minimum Gasteiger partial charge on any atom is -0.325 e. The monoisotopic (exact) mass is 275 g/mol. The van der Waals surface area contributed by atoms with Crippen molar-refractivity contribution in [2.24, 2.45) is 0 Å². The number of carbonyl (C=O) groups is 1. The van der Waals surface area contributed by atoms with Crippen LogP contribution in [0, 0.1) is 0 Å². The Hall–Kier alpha value is -0.540. The number of halogens is 2. The Bertz CT molecular complexity index is 317. The van der Waals surface area contributed by atoms with E-state index in [0.29, 0.717) is 18.7 Å². The van der Waals surface area contributed by atoms with Gasteiger partial charge in [0, 0.05) is 16.8 Å². The van der Waals surface area contributed by atoms with E-state index in [1.165, 1.54) is 0 Å². The van der Waals surface area contributed by atoms with Gasteiger partial charge < -0.3 is 5.32 Å². The van der Waals surface area contributed by atoms with Gasteiger partial charge in [-0.15, -0.1) is 11.6 Å². The maximum atomic E-state index is 11.3. The van der Waals surface area contributed by atoms with Gasteiger partial charge in [0.15, 0.2) is 0 Å². The van der Waals surface area contributed by atoms with Crippen molar-refractivity contribution in [3.05, 3.63) is 28.7 Å². The number of carbonyl (C=O) groups excluding carboxylic acids is 1. The molecule has 1 amide bonds. The summed E-state index contributed by atoms with van der Waals surface area (Å²) in [6.45, 7) is 0. The normalized spacial score (nSPS) is 9.86. The summed E-state index contributed by atoms with van der Waals surface area (Å²) in [6, 6.07) is 7.51. The number of benzene rings is 1. The molecule has 1 N–H and O–H groups in total. The van der Waals surface area contributed by atoms with E-state index >= 15 is 0 Å².